The molecule has 2 amide bonds. The third kappa shape index (κ3) is 6.10. The van der Waals surface area contributed by atoms with Gasteiger partial charge < -0.3 is 14.8 Å². The SMILES string of the molecule is CCC1=C2[C@@H](CC/C(C)=C/c3ccccc3O)OB(O)C[C@@H]2[C@@H]2C(=O)N(C3CCN(Cc4ccccc4)CC3)C(=O)[C@@H]2C1. The van der Waals surface area contributed by atoms with Gasteiger partial charge in [-0.1, -0.05) is 72.7 Å². The van der Waals surface area contributed by atoms with Crippen LogP contribution in [0.25, 0.3) is 6.08 Å². The highest BCUT2D eigenvalue weighted by molar-refractivity contribution is 6.43. The van der Waals surface area contributed by atoms with Crippen molar-refractivity contribution in [2.75, 3.05) is 13.1 Å². The number of nitrogens with zero attached hydrogens (tertiary/aromatic N) is 2. The van der Waals surface area contributed by atoms with Crippen LogP contribution in [0.2, 0.25) is 6.32 Å². The van der Waals surface area contributed by atoms with E-state index in [1.807, 2.05) is 31.2 Å². The number of benzene rings is 2. The van der Waals surface area contributed by atoms with Gasteiger partial charge in [-0.25, -0.2) is 0 Å². The molecule has 8 heteroatoms. The number of rotatable bonds is 8. The van der Waals surface area contributed by atoms with E-state index in [0.29, 0.717) is 19.2 Å². The molecule has 0 aromatic heterocycles. The molecule has 226 valence electrons. The number of fused-ring (bicyclic) bond motifs is 3. The van der Waals surface area contributed by atoms with Gasteiger partial charge in [-0.3, -0.25) is 19.4 Å². The third-order valence-corrected chi connectivity index (χ3v) is 10.1. The molecule has 2 aromatic rings. The van der Waals surface area contributed by atoms with Gasteiger partial charge in [0.2, 0.25) is 11.8 Å². The quantitative estimate of drug-likeness (QED) is 0.245. The fourth-order valence-corrected chi connectivity index (χ4v) is 7.97. The summed E-state index contributed by atoms with van der Waals surface area (Å²) < 4.78 is 6.13. The topological polar surface area (TPSA) is 90.3 Å². The molecule has 6 rings (SSSR count). The number of carbonyl (C=O) groups is 2. The van der Waals surface area contributed by atoms with Crippen LogP contribution in [0.3, 0.4) is 0 Å². The van der Waals surface area contributed by atoms with Gasteiger partial charge in [0.1, 0.15) is 5.75 Å². The van der Waals surface area contributed by atoms with E-state index in [2.05, 4.69) is 36.1 Å². The Morgan fingerprint density at radius 2 is 1.74 bits per heavy atom. The molecule has 3 heterocycles. The first-order chi connectivity index (χ1) is 20.8. The Balaban J connectivity index is 1.16. The summed E-state index contributed by atoms with van der Waals surface area (Å²) in [6.45, 7) is 6.77. The third-order valence-electron chi connectivity index (χ3n) is 10.1. The minimum atomic E-state index is -0.962. The number of hydrogen-bond donors (Lipinski definition) is 2. The molecule has 3 fully saturated rings. The van der Waals surface area contributed by atoms with Gasteiger partial charge in [0, 0.05) is 31.2 Å². The summed E-state index contributed by atoms with van der Waals surface area (Å²) in [6, 6.07) is 17.6. The molecule has 7 nitrogen and oxygen atoms in total. The van der Waals surface area contributed by atoms with E-state index in [4.69, 9.17) is 4.65 Å². The predicted octanol–water partition coefficient (Wildman–Crippen LogP) is 5.45. The van der Waals surface area contributed by atoms with E-state index in [1.165, 1.54) is 11.1 Å². The first kappa shape index (κ1) is 29.9. The average molecular weight is 583 g/mol. The maximum Gasteiger partial charge on any atom is 0.455 e. The lowest BCUT2D eigenvalue weighted by Crippen LogP contribution is -2.48. The largest absolute Gasteiger partial charge is 0.507 e. The normalized spacial score (nSPS) is 27.1. The molecule has 2 N–H and O–H groups in total. The molecule has 1 aliphatic carbocycles. The minimum absolute atomic E-state index is 0.0134. The van der Waals surface area contributed by atoms with E-state index >= 15 is 0 Å². The molecule has 3 saturated heterocycles. The summed E-state index contributed by atoms with van der Waals surface area (Å²) in [7, 11) is -0.962. The number of amides is 2. The summed E-state index contributed by atoms with van der Waals surface area (Å²) in [4.78, 5) is 32.0. The monoisotopic (exact) mass is 582 g/mol. The van der Waals surface area contributed by atoms with Crippen LogP contribution in [0.4, 0.5) is 0 Å². The number of phenolic OH excluding ortho intramolecular Hbond substituents is 1. The second-order valence-electron chi connectivity index (χ2n) is 12.8. The maximum atomic E-state index is 14.1. The van der Waals surface area contributed by atoms with E-state index in [9.17, 15) is 19.7 Å². The van der Waals surface area contributed by atoms with Crippen molar-refractivity contribution < 1.29 is 24.4 Å². The zero-order valence-electron chi connectivity index (χ0n) is 25.3. The molecule has 4 aliphatic rings. The summed E-state index contributed by atoms with van der Waals surface area (Å²) >= 11 is 0. The zero-order chi connectivity index (χ0) is 30.1. The van der Waals surface area contributed by atoms with Crippen molar-refractivity contribution in [2.45, 2.75) is 77.4 Å². The van der Waals surface area contributed by atoms with Crippen molar-refractivity contribution in [3.05, 3.63) is 82.4 Å². The standard InChI is InChI=1S/C35H43BN2O5/c1-3-25-20-28-33(35(41)38(34(28)40)27-15-17-37(18-16-27)22-24-9-5-4-6-10-24)29-21-36(42)43-31(32(25)29)14-13-23(2)19-26-11-7-8-12-30(26)39/h4-12,19,27-29,31,33,39,42H,3,13-18,20-22H2,1-2H3/b23-19+/t28-,29+,31-,33-/m1/s1. The number of piperidine rings is 1. The van der Waals surface area contributed by atoms with Crippen molar-refractivity contribution in [3.63, 3.8) is 0 Å². The summed E-state index contributed by atoms with van der Waals surface area (Å²) in [6.07, 6.45) is 6.44. The number of phenols is 1. The number of carbonyl (C=O) groups excluding carboxylic acids is 2. The molecule has 0 unspecified atom stereocenters. The van der Waals surface area contributed by atoms with E-state index in [-0.39, 0.29) is 41.5 Å². The highest BCUT2D eigenvalue weighted by atomic mass is 16.5. The number of para-hydroxylation sites is 1. The highest BCUT2D eigenvalue weighted by Gasteiger charge is 2.58. The first-order valence-electron chi connectivity index (χ1n) is 16.0. The molecule has 3 aliphatic heterocycles. The van der Waals surface area contributed by atoms with Gasteiger partial charge in [-0.05, 0) is 74.9 Å². The molecule has 43 heavy (non-hydrogen) atoms. The number of imide groups is 1. The van der Waals surface area contributed by atoms with Crippen LogP contribution in [0.15, 0.2) is 71.3 Å². The Kier molecular flexibility index (Phi) is 8.89. The van der Waals surface area contributed by atoms with Gasteiger partial charge in [0.25, 0.3) is 0 Å². The fraction of sp³-hybridized carbons (Fsp3) is 0.486. The van der Waals surface area contributed by atoms with Gasteiger partial charge in [0.15, 0.2) is 0 Å². The van der Waals surface area contributed by atoms with Gasteiger partial charge in [-0.15, -0.1) is 0 Å². The van der Waals surface area contributed by atoms with Crippen LogP contribution in [0, 0.1) is 17.8 Å². The number of hydrogen-bond acceptors (Lipinski definition) is 6. The summed E-state index contributed by atoms with van der Waals surface area (Å²) in [5.74, 6) is -0.745. The highest BCUT2D eigenvalue weighted by Crippen LogP contribution is 2.52. The van der Waals surface area contributed by atoms with E-state index < -0.39 is 13.0 Å². The van der Waals surface area contributed by atoms with Crippen LogP contribution in [-0.2, 0) is 20.8 Å². The van der Waals surface area contributed by atoms with Crippen molar-refractivity contribution in [2.24, 2.45) is 17.8 Å². The van der Waals surface area contributed by atoms with Crippen molar-refractivity contribution in [1.82, 2.24) is 9.80 Å². The minimum Gasteiger partial charge on any atom is -0.507 e. The molecule has 0 bridgehead atoms. The van der Waals surface area contributed by atoms with Gasteiger partial charge in [-0.2, -0.15) is 0 Å². The Bertz CT molecular complexity index is 1400. The maximum absolute atomic E-state index is 14.1. The van der Waals surface area contributed by atoms with Gasteiger partial charge >= 0.3 is 7.12 Å². The van der Waals surface area contributed by atoms with Crippen molar-refractivity contribution in [1.29, 1.82) is 0 Å². The van der Waals surface area contributed by atoms with Crippen LogP contribution in [-0.4, -0.2) is 64.1 Å². The molecule has 4 atom stereocenters. The van der Waals surface area contributed by atoms with Crippen molar-refractivity contribution in [3.8, 4) is 5.75 Å². The summed E-state index contributed by atoms with van der Waals surface area (Å²) in [5, 5.41) is 21.0. The van der Waals surface area contributed by atoms with Crippen LogP contribution in [0.5, 0.6) is 5.75 Å². The molecule has 0 saturated carbocycles. The summed E-state index contributed by atoms with van der Waals surface area (Å²) in [5.41, 5.74) is 5.52. The number of allylic oxidation sites excluding steroid dienone is 2. The zero-order valence-corrected chi connectivity index (χ0v) is 25.3. The van der Waals surface area contributed by atoms with Crippen molar-refractivity contribution >= 4 is 25.0 Å². The van der Waals surface area contributed by atoms with E-state index in [0.717, 1.165) is 62.0 Å². The lowest BCUT2D eigenvalue weighted by molar-refractivity contribution is -0.144. The van der Waals surface area contributed by atoms with Gasteiger partial charge in [0.05, 0.1) is 17.9 Å². The first-order valence-corrected chi connectivity index (χ1v) is 16.0. The molecule has 0 radical (unpaired) electrons. The molecular formula is C35H43BN2O5. The second kappa shape index (κ2) is 12.8. The fourth-order valence-electron chi connectivity index (χ4n) is 7.97. The van der Waals surface area contributed by atoms with Crippen LogP contribution in [0.1, 0.15) is 63.5 Å². The smallest absolute Gasteiger partial charge is 0.455 e. The van der Waals surface area contributed by atoms with E-state index in [1.54, 1.807) is 17.0 Å². The molecule has 2 aromatic carbocycles. The lowest BCUT2D eigenvalue weighted by atomic mass is 9.58. The lowest BCUT2D eigenvalue weighted by Gasteiger charge is -2.43. The second-order valence-corrected chi connectivity index (χ2v) is 12.8. The predicted molar refractivity (Wildman–Crippen MR) is 168 cm³/mol. The Labute approximate surface area is 255 Å². The molecule has 0 spiro atoms. The Morgan fingerprint density at radius 1 is 1.02 bits per heavy atom. The number of aromatic hydroxyl groups is 1. The Morgan fingerprint density at radius 3 is 2.47 bits per heavy atom. The average Bonchev–Trinajstić information content (AvgIpc) is 3.26. The van der Waals surface area contributed by atoms with Crippen LogP contribution >= 0.6 is 0 Å². The molecular weight excluding hydrogens is 539 g/mol. The Hall–Kier alpha value is -3.20. The number of likely N-dealkylation sites (tertiary alicyclic amines) is 2. The van der Waals surface area contributed by atoms with Crippen LogP contribution < -0.4 is 0 Å².